The molecule has 3 amide bonds. The third-order valence-corrected chi connectivity index (χ3v) is 4.21. The Bertz CT molecular complexity index is 787. The number of hydrogen-bond acceptors (Lipinski definition) is 3. The van der Waals surface area contributed by atoms with E-state index in [1.807, 2.05) is 30.3 Å². The predicted octanol–water partition coefficient (Wildman–Crippen LogP) is 2.04. The molecule has 0 bridgehead atoms. The van der Waals surface area contributed by atoms with Gasteiger partial charge in [0, 0.05) is 37.0 Å². The summed E-state index contributed by atoms with van der Waals surface area (Å²) in [6.07, 6.45) is 0.192. The molecule has 0 aromatic heterocycles. The Morgan fingerprint density at radius 1 is 1.04 bits per heavy atom. The number of rotatable bonds is 4. The van der Waals surface area contributed by atoms with E-state index in [0.29, 0.717) is 17.8 Å². The first-order valence-corrected chi connectivity index (χ1v) is 8.07. The van der Waals surface area contributed by atoms with Crippen LogP contribution < -0.4 is 15.5 Å². The van der Waals surface area contributed by atoms with Gasteiger partial charge >= 0.3 is 0 Å². The van der Waals surface area contributed by atoms with E-state index in [1.54, 1.807) is 36.2 Å². The van der Waals surface area contributed by atoms with Crippen LogP contribution in [0.5, 0.6) is 0 Å². The van der Waals surface area contributed by atoms with Crippen molar-refractivity contribution in [2.24, 2.45) is 5.92 Å². The van der Waals surface area contributed by atoms with Crippen molar-refractivity contribution >= 4 is 29.1 Å². The number of nitrogens with one attached hydrogen (secondary N) is 2. The van der Waals surface area contributed by atoms with Gasteiger partial charge in [-0.15, -0.1) is 0 Å². The minimum absolute atomic E-state index is 0.0543. The largest absolute Gasteiger partial charge is 0.355 e. The van der Waals surface area contributed by atoms with Gasteiger partial charge in [0.25, 0.3) is 5.91 Å². The summed E-state index contributed by atoms with van der Waals surface area (Å²) >= 11 is 0. The van der Waals surface area contributed by atoms with Crippen molar-refractivity contribution in [3.05, 3.63) is 60.2 Å². The Kier molecular flexibility index (Phi) is 4.79. The van der Waals surface area contributed by atoms with Crippen LogP contribution >= 0.6 is 0 Å². The molecule has 1 aliphatic rings. The lowest BCUT2D eigenvalue weighted by molar-refractivity contribution is -0.122. The monoisotopic (exact) mass is 337 g/mol. The third-order valence-electron chi connectivity index (χ3n) is 4.21. The van der Waals surface area contributed by atoms with Crippen molar-refractivity contribution in [2.45, 2.75) is 6.42 Å². The van der Waals surface area contributed by atoms with E-state index in [4.69, 9.17) is 0 Å². The van der Waals surface area contributed by atoms with E-state index >= 15 is 0 Å². The number of para-hydroxylation sites is 1. The molecule has 0 saturated carbocycles. The number of carbonyl (C=O) groups is 3. The van der Waals surface area contributed by atoms with Crippen LogP contribution in [-0.2, 0) is 9.59 Å². The van der Waals surface area contributed by atoms with E-state index in [1.165, 1.54) is 0 Å². The van der Waals surface area contributed by atoms with Crippen LogP contribution in [0.3, 0.4) is 0 Å². The van der Waals surface area contributed by atoms with E-state index in [0.717, 1.165) is 5.69 Å². The predicted molar refractivity (Wildman–Crippen MR) is 95.4 cm³/mol. The molecule has 1 fully saturated rings. The van der Waals surface area contributed by atoms with Crippen molar-refractivity contribution in [3.63, 3.8) is 0 Å². The van der Waals surface area contributed by atoms with E-state index in [9.17, 15) is 14.4 Å². The van der Waals surface area contributed by atoms with Crippen LogP contribution in [0.4, 0.5) is 11.4 Å². The molecule has 6 nitrogen and oxygen atoms in total. The zero-order valence-corrected chi connectivity index (χ0v) is 13.9. The van der Waals surface area contributed by atoms with Crippen LogP contribution in [0.25, 0.3) is 0 Å². The second kappa shape index (κ2) is 7.17. The number of carbonyl (C=O) groups excluding carboxylic acids is 3. The SMILES string of the molecule is CNC(=O)c1ccc(NC(=O)C2CC(=O)N(c3ccccc3)C2)cc1. The molecule has 1 aliphatic heterocycles. The zero-order valence-electron chi connectivity index (χ0n) is 13.9. The lowest BCUT2D eigenvalue weighted by atomic mass is 10.1. The highest BCUT2D eigenvalue weighted by Crippen LogP contribution is 2.25. The molecule has 25 heavy (non-hydrogen) atoms. The molecule has 1 saturated heterocycles. The molecule has 128 valence electrons. The molecular weight excluding hydrogens is 318 g/mol. The lowest BCUT2D eigenvalue weighted by Gasteiger charge is -2.16. The molecule has 0 spiro atoms. The topological polar surface area (TPSA) is 78.5 Å². The fourth-order valence-corrected chi connectivity index (χ4v) is 2.83. The second-order valence-corrected chi connectivity index (χ2v) is 5.89. The van der Waals surface area contributed by atoms with Crippen LogP contribution in [0.2, 0.25) is 0 Å². The van der Waals surface area contributed by atoms with Gasteiger partial charge in [-0.2, -0.15) is 0 Å². The first-order valence-electron chi connectivity index (χ1n) is 8.07. The second-order valence-electron chi connectivity index (χ2n) is 5.89. The average molecular weight is 337 g/mol. The van der Waals surface area contributed by atoms with Gasteiger partial charge in [0.2, 0.25) is 11.8 Å². The number of amides is 3. The van der Waals surface area contributed by atoms with Gasteiger partial charge in [-0.25, -0.2) is 0 Å². The van der Waals surface area contributed by atoms with Gasteiger partial charge in [0.15, 0.2) is 0 Å². The average Bonchev–Trinajstić information content (AvgIpc) is 3.04. The zero-order chi connectivity index (χ0) is 17.8. The number of benzene rings is 2. The molecule has 2 N–H and O–H groups in total. The van der Waals surface area contributed by atoms with Crippen molar-refractivity contribution in [1.82, 2.24) is 5.32 Å². The van der Waals surface area contributed by atoms with Crippen LogP contribution in [0.1, 0.15) is 16.8 Å². The normalized spacial score (nSPS) is 16.6. The number of anilines is 2. The highest BCUT2D eigenvalue weighted by molar-refractivity contribution is 6.03. The van der Waals surface area contributed by atoms with Crippen LogP contribution in [-0.4, -0.2) is 31.3 Å². The fourth-order valence-electron chi connectivity index (χ4n) is 2.83. The molecule has 2 aromatic carbocycles. The Balaban J connectivity index is 1.64. The van der Waals surface area contributed by atoms with E-state index in [-0.39, 0.29) is 24.1 Å². The standard InChI is InChI=1S/C19H19N3O3/c1-20-18(24)13-7-9-15(10-8-13)21-19(25)14-11-17(23)22(12-14)16-5-3-2-4-6-16/h2-10,14H,11-12H2,1H3,(H,20,24)(H,21,25). The van der Waals surface area contributed by atoms with Crippen molar-refractivity contribution < 1.29 is 14.4 Å². The van der Waals surface area contributed by atoms with Crippen molar-refractivity contribution in [3.8, 4) is 0 Å². The van der Waals surface area contributed by atoms with Gasteiger partial charge in [-0.05, 0) is 36.4 Å². The van der Waals surface area contributed by atoms with Gasteiger partial charge in [0.1, 0.15) is 0 Å². The molecule has 2 aromatic rings. The van der Waals surface area contributed by atoms with E-state index < -0.39 is 5.92 Å². The van der Waals surface area contributed by atoms with E-state index in [2.05, 4.69) is 10.6 Å². The summed E-state index contributed by atoms with van der Waals surface area (Å²) in [5.74, 6) is -0.829. The quantitative estimate of drug-likeness (QED) is 0.896. The van der Waals surface area contributed by atoms with Gasteiger partial charge < -0.3 is 15.5 Å². The minimum atomic E-state index is -0.397. The molecule has 3 rings (SSSR count). The molecular formula is C19H19N3O3. The first-order chi connectivity index (χ1) is 12.1. The molecule has 1 unspecified atom stereocenters. The van der Waals surface area contributed by atoms with Crippen molar-refractivity contribution in [1.29, 1.82) is 0 Å². The molecule has 0 radical (unpaired) electrons. The van der Waals surface area contributed by atoms with Gasteiger partial charge in [-0.3, -0.25) is 14.4 Å². The maximum absolute atomic E-state index is 12.4. The number of hydrogen-bond donors (Lipinski definition) is 2. The Morgan fingerprint density at radius 3 is 2.36 bits per heavy atom. The molecule has 6 heteroatoms. The summed E-state index contributed by atoms with van der Waals surface area (Å²) < 4.78 is 0. The molecule has 1 atom stereocenters. The number of nitrogens with zero attached hydrogens (tertiary/aromatic N) is 1. The molecule has 0 aliphatic carbocycles. The Labute approximate surface area is 145 Å². The lowest BCUT2D eigenvalue weighted by Crippen LogP contribution is -2.28. The highest BCUT2D eigenvalue weighted by atomic mass is 16.2. The summed E-state index contributed by atoms with van der Waals surface area (Å²) in [5.41, 5.74) is 1.92. The molecule has 1 heterocycles. The van der Waals surface area contributed by atoms with Gasteiger partial charge in [0.05, 0.1) is 5.92 Å². The fraction of sp³-hybridized carbons (Fsp3) is 0.211. The minimum Gasteiger partial charge on any atom is -0.355 e. The maximum Gasteiger partial charge on any atom is 0.251 e. The first kappa shape index (κ1) is 16.7. The van der Waals surface area contributed by atoms with Crippen LogP contribution in [0.15, 0.2) is 54.6 Å². The summed E-state index contributed by atoms with van der Waals surface area (Å²) in [6.45, 7) is 0.366. The van der Waals surface area contributed by atoms with Crippen molar-refractivity contribution in [2.75, 3.05) is 23.8 Å². The summed E-state index contributed by atoms with van der Waals surface area (Å²) in [6, 6.07) is 16.0. The Morgan fingerprint density at radius 2 is 1.72 bits per heavy atom. The smallest absolute Gasteiger partial charge is 0.251 e. The highest BCUT2D eigenvalue weighted by Gasteiger charge is 2.35. The summed E-state index contributed by atoms with van der Waals surface area (Å²) in [7, 11) is 1.56. The van der Waals surface area contributed by atoms with Crippen LogP contribution in [0, 0.1) is 5.92 Å². The van der Waals surface area contributed by atoms with Gasteiger partial charge in [-0.1, -0.05) is 18.2 Å². The maximum atomic E-state index is 12.4. The summed E-state index contributed by atoms with van der Waals surface area (Å²) in [5, 5.41) is 5.35. The third kappa shape index (κ3) is 3.68. The summed E-state index contributed by atoms with van der Waals surface area (Å²) in [4.78, 5) is 37.8. The Hall–Kier alpha value is -3.15.